The smallest absolute Gasteiger partial charge is 0.251 e. The van der Waals surface area contributed by atoms with Crippen LogP contribution in [0.1, 0.15) is 50.9 Å². The second kappa shape index (κ2) is 13.8. The molecule has 0 aliphatic carbocycles. The average molecular weight is 567 g/mol. The fraction of sp³-hybridized carbons (Fsp3) is 0.400. The first-order valence-corrected chi connectivity index (χ1v) is 15.2. The summed E-state index contributed by atoms with van der Waals surface area (Å²) in [4.78, 5) is 25.8. The number of likely N-dealkylation sites (tertiary alicyclic amines) is 1. The van der Waals surface area contributed by atoms with Crippen molar-refractivity contribution in [2.24, 2.45) is 11.8 Å². The maximum Gasteiger partial charge on any atom is 0.251 e. The lowest BCUT2D eigenvalue weighted by molar-refractivity contribution is 0.0941. The van der Waals surface area contributed by atoms with Gasteiger partial charge in [0, 0.05) is 29.8 Å². The number of hydrogen-bond acceptors (Lipinski definition) is 6. The van der Waals surface area contributed by atoms with Gasteiger partial charge < -0.3 is 19.7 Å². The number of ether oxygens (including phenoxy) is 2. The lowest BCUT2D eigenvalue weighted by Gasteiger charge is -2.32. The van der Waals surface area contributed by atoms with Crippen molar-refractivity contribution in [1.82, 2.24) is 20.2 Å². The second-order valence-electron chi connectivity index (χ2n) is 11.3. The Kier molecular flexibility index (Phi) is 9.70. The molecule has 1 saturated heterocycles. The molecule has 7 heteroatoms. The van der Waals surface area contributed by atoms with E-state index in [0.29, 0.717) is 36.8 Å². The van der Waals surface area contributed by atoms with E-state index in [9.17, 15) is 4.79 Å². The Morgan fingerprint density at radius 2 is 1.40 bits per heavy atom. The molecule has 0 spiro atoms. The monoisotopic (exact) mass is 566 g/mol. The third kappa shape index (κ3) is 7.26. The van der Waals surface area contributed by atoms with Crippen LogP contribution in [-0.4, -0.2) is 60.2 Å². The van der Waals surface area contributed by atoms with Crippen LogP contribution in [0.15, 0.2) is 66.7 Å². The van der Waals surface area contributed by atoms with Crippen LogP contribution in [-0.2, 0) is 0 Å². The first-order chi connectivity index (χ1) is 20.4. The normalized spacial score (nSPS) is 15.0. The molecule has 7 nitrogen and oxygen atoms in total. The first-order valence-electron chi connectivity index (χ1n) is 15.2. The van der Waals surface area contributed by atoms with E-state index in [2.05, 4.69) is 24.1 Å². The van der Waals surface area contributed by atoms with Gasteiger partial charge in [-0.3, -0.25) is 4.79 Å². The van der Waals surface area contributed by atoms with Crippen molar-refractivity contribution < 1.29 is 14.3 Å². The van der Waals surface area contributed by atoms with E-state index in [0.717, 1.165) is 65.1 Å². The fourth-order valence-corrected chi connectivity index (χ4v) is 5.47. The summed E-state index contributed by atoms with van der Waals surface area (Å²) < 4.78 is 11.3. The maximum absolute atomic E-state index is 13.2. The summed E-state index contributed by atoms with van der Waals surface area (Å²) in [5, 5.41) is 3.14. The number of fused-ring (bicyclic) bond motifs is 1. The Hall–Kier alpha value is -3.97. The van der Waals surface area contributed by atoms with Crippen molar-refractivity contribution in [3.8, 4) is 34.0 Å². The summed E-state index contributed by atoms with van der Waals surface area (Å²) >= 11 is 0. The summed E-state index contributed by atoms with van der Waals surface area (Å²) in [6.07, 6.45) is 2.52. The molecule has 1 aliphatic heterocycles. The minimum absolute atomic E-state index is 0.0870. The van der Waals surface area contributed by atoms with Gasteiger partial charge in [0.15, 0.2) is 0 Å². The number of benzene rings is 3. The SMILES string of the molecule is CCOc1ccc(-c2nc3ccc(C(=O)NCC(C)CN4CCC(C)CC4)cc3nc2-c2ccc(OCC)cc2)cc1. The highest BCUT2D eigenvalue weighted by Gasteiger charge is 2.19. The second-order valence-corrected chi connectivity index (χ2v) is 11.3. The topological polar surface area (TPSA) is 76.6 Å². The van der Waals surface area contributed by atoms with Gasteiger partial charge in [-0.1, -0.05) is 13.8 Å². The average Bonchev–Trinajstić information content (AvgIpc) is 3.01. The van der Waals surface area contributed by atoms with Crippen molar-refractivity contribution in [1.29, 1.82) is 0 Å². The van der Waals surface area contributed by atoms with Crippen molar-refractivity contribution in [3.63, 3.8) is 0 Å². The number of carbonyl (C=O) groups is 1. The lowest BCUT2D eigenvalue weighted by atomic mass is 9.98. The molecule has 0 saturated carbocycles. The van der Waals surface area contributed by atoms with E-state index in [1.807, 2.05) is 80.6 Å². The first kappa shape index (κ1) is 29.5. The summed E-state index contributed by atoms with van der Waals surface area (Å²) in [5.74, 6) is 2.73. The third-order valence-electron chi connectivity index (χ3n) is 7.86. The molecule has 4 aromatic rings. The van der Waals surface area contributed by atoms with Crippen LogP contribution in [0.2, 0.25) is 0 Å². The zero-order valence-corrected chi connectivity index (χ0v) is 25.2. The summed E-state index contributed by atoms with van der Waals surface area (Å²) in [7, 11) is 0. The zero-order valence-electron chi connectivity index (χ0n) is 25.2. The fourth-order valence-electron chi connectivity index (χ4n) is 5.47. The van der Waals surface area contributed by atoms with Crippen molar-refractivity contribution in [2.45, 2.75) is 40.5 Å². The molecule has 1 amide bonds. The predicted octanol–water partition coefficient (Wildman–Crippen LogP) is 6.86. The van der Waals surface area contributed by atoms with Crippen LogP contribution in [0, 0.1) is 11.8 Å². The molecule has 1 aromatic heterocycles. The Labute approximate surface area is 249 Å². The molecular weight excluding hydrogens is 524 g/mol. The molecule has 1 aliphatic rings. The Bertz CT molecular complexity index is 1480. The Morgan fingerprint density at radius 3 is 1.95 bits per heavy atom. The molecule has 0 bridgehead atoms. The van der Waals surface area contributed by atoms with Crippen molar-refractivity contribution >= 4 is 16.9 Å². The van der Waals surface area contributed by atoms with Crippen LogP contribution in [0.25, 0.3) is 33.5 Å². The van der Waals surface area contributed by atoms with E-state index in [1.165, 1.54) is 12.8 Å². The largest absolute Gasteiger partial charge is 0.494 e. The zero-order chi connectivity index (χ0) is 29.5. The van der Waals surface area contributed by atoms with Gasteiger partial charge in [0.1, 0.15) is 11.5 Å². The number of nitrogens with one attached hydrogen (secondary N) is 1. The molecule has 220 valence electrons. The molecular formula is C35H42N4O3. The number of rotatable bonds is 11. The van der Waals surface area contributed by atoms with Gasteiger partial charge in [0.25, 0.3) is 5.91 Å². The predicted molar refractivity (Wildman–Crippen MR) is 169 cm³/mol. The van der Waals surface area contributed by atoms with E-state index in [-0.39, 0.29) is 5.91 Å². The summed E-state index contributed by atoms with van der Waals surface area (Å²) in [5.41, 5.74) is 5.38. The van der Waals surface area contributed by atoms with E-state index in [1.54, 1.807) is 0 Å². The Balaban J connectivity index is 1.39. The van der Waals surface area contributed by atoms with Gasteiger partial charge >= 0.3 is 0 Å². The van der Waals surface area contributed by atoms with E-state index in [4.69, 9.17) is 19.4 Å². The molecule has 0 radical (unpaired) electrons. The lowest BCUT2D eigenvalue weighted by Crippen LogP contribution is -2.39. The number of amides is 1. The van der Waals surface area contributed by atoms with Crippen molar-refractivity contribution in [2.75, 3.05) is 39.4 Å². The van der Waals surface area contributed by atoms with Crippen LogP contribution in [0.5, 0.6) is 11.5 Å². The molecule has 1 unspecified atom stereocenters. The van der Waals surface area contributed by atoms with Gasteiger partial charge in [-0.25, -0.2) is 9.97 Å². The highest BCUT2D eigenvalue weighted by atomic mass is 16.5. The van der Waals surface area contributed by atoms with Gasteiger partial charge in [0.05, 0.1) is 35.6 Å². The molecule has 1 N–H and O–H groups in total. The number of hydrogen-bond donors (Lipinski definition) is 1. The molecule has 42 heavy (non-hydrogen) atoms. The van der Waals surface area contributed by atoms with Crippen LogP contribution in [0.4, 0.5) is 0 Å². The van der Waals surface area contributed by atoms with Crippen LogP contribution >= 0.6 is 0 Å². The molecule has 1 fully saturated rings. The number of nitrogens with zero attached hydrogens (tertiary/aromatic N) is 3. The van der Waals surface area contributed by atoms with E-state index >= 15 is 0 Å². The number of aromatic nitrogens is 2. The standard InChI is InChI=1S/C35H42N4O3/c1-5-41-29-12-7-26(8-13-29)33-34(27-9-14-30(15-10-27)42-6-2)38-32-21-28(11-16-31(32)37-33)35(40)36-22-25(4)23-39-19-17-24(3)18-20-39/h7-16,21,24-25H,5-6,17-20,22-23H2,1-4H3,(H,36,40). The number of carbonyl (C=O) groups excluding carboxylic acids is 1. The summed E-state index contributed by atoms with van der Waals surface area (Å²) in [6, 6.07) is 21.4. The van der Waals surface area contributed by atoms with Crippen LogP contribution in [0.3, 0.4) is 0 Å². The molecule has 3 aromatic carbocycles. The van der Waals surface area contributed by atoms with E-state index < -0.39 is 0 Å². The van der Waals surface area contributed by atoms with Gasteiger partial charge in [0.2, 0.25) is 0 Å². The summed E-state index contributed by atoms with van der Waals surface area (Å²) in [6.45, 7) is 13.6. The highest BCUT2D eigenvalue weighted by molar-refractivity contribution is 5.98. The quantitative estimate of drug-likeness (QED) is 0.214. The van der Waals surface area contributed by atoms with Crippen molar-refractivity contribution in [3.05, 3.63) is 72.3 Å². The number of piperidine rings is 1. The van der Waals surface area contributed by atoms with Crippen LogP contribution < -0.4 is 14.8 Å². The molecule has 2 heterocycles. The minimum atomic E-state index is -0.0870. The maximum atomic E-state index is 13.2. The van der Waals surface area contributed by atoms with Gasteiger partial charge in [-0.15, -0.1) is 0 Å². The van der Waals surface area contributed by atoms with Gasteiger partial charge in [-0.2, -0.15) is 0 Å². The Morgan fingerprint density at radius 1 is 0.857 bits per heavy atom. The molecule has 1 atom stereocenters. The minimum Gasteiger partial charge on any atom is -0.494 e. The highest BCUT2D eigenvalue weighted by Crippen LogP contribution is 2.33. The third-order valence-corrected chi connectivity index (χ3v) is 7.86. The molecule has 5 rings (SSSR count). The van der Waals surface area contributed by atoms with Gasteiger partial charge in [-0.05, 0) is 118 Å².